The lowest BCUT2D eigenvalue weighted by atomic mass is 10.2. The zero-order chi connectivity index (χ0) is 17.2. The minimum absolute atomic E-state index is 0.113. The van der Waals surface area contributed by atoms with Gasteiger partial charge in [0.1, 0.15) is 12.3 Å². The first-order valence-corrected chi connectivity index (χ1v) is 7.58. The van der Waals surface area contributed by atoms with E-state index in [1.165, 1.54) is 6.92 Å². The molecule has 0 aliphatic heterocycles. The van der Waals surface area contributed by atoms with Gasteiger partial charge in [-0.3, -0.25) is 4.79 Å². The minimum atomic E-state index is -0.577. The Labute approximate surface area is 141 Å². The predicted octanol–water partition coefficient (Wildman–Crippen LogP) is 3.42. The monoisotopic (exact) mass is 321 g/mol. The molecule has 2 aromatic carbocycles. The summed E-state index contributed by atoms with van der Waals surface area (Å²) in [6.07, 6.45) is 5.21. The van der Waals surface area contributed by atoms with Crippen LogP contribution in [0.4, 0.5) is 0 Å². The summed E-state index contributed by atoms with van der Waals surface area (Å²) in [6, 6.07) is 19.0. The summed E-state index contributed by atoms with van der Waals surface area (Å²) >= 11 is 0. The molecule has 122 valence electrons. The Morgan fingerprint density at radius 1 is 0.958 bits per heavy atom. The van der Waals surface area contributed by atoms with Crippen LogP contribution in [0, 0.1) is 0 Å². The van der Waals surface area contributed by atoms with E-state index in [1.54, 1.807) is 12.2 Å². The summed E-state index contributed by atoms with van der Waals surface area (Å²) in [4.78, 5) is 23.4. The number of benzene rings is 2. The summed E-state index contributed by atoms with van der Waals surface area (Å²) in [5.74, 6) is -0.902. The highest BCUT2D eigenvalue weighted by Crippen LogP contribution is 2.07. The van der Waals surface area contributed by atoms with Crippen LogP contribution in [0.25, 0.3) is 12.2 Å². The maximum atomic E-state index is 12.2. The van der Waals surface area contributed by atoms with Crippen molar-refractivity contribution in [2.75, 3.05) is 6.61 Å². The van der Waals surface area contributed by atoms with Gasteiger partial charge in [0.25, 0.3) is 0 Å². The van der Waals surface area contributed by atoms with Crippen molar-refractivity contribution < 1.29 is 14.3 Å². The molecule has 4 nitrogen and oxygen atoms in total. The van der Waals surface area contributed by atoms with Crippen molar-refractivity contribution in [3.05, 3.63) is 83.6 Å². The summed E-state index contributed by atoms with van der Waals surface area (Å²) in [5, 5.41) is 2.51. The lowest BCUT2D eigenvalue weighted by molar-refractivity contribution is -0.139. The molecule has 2 aromatic rings. The molecule has 24 heavy (non-hydrogen) atoms. The molecule has 1 N–H and O–H groups in total. The zero-order valence-electron chi connectivity index (χ0n) is 13.4. The van der Waals surface area contributed by atoms with Gasteiger partial charge in [-0.15, -0.1) is 0 Å². The number of ether oxygens (including phenoxy) is 1. The Kier molecular flexibility index (Phi) is 6.53. The van der Waals surface area contributed by atoms with Gasteiger partial charge >= 0.3 is 5.97 Å². The van der Waals surface area contributed by atoms with Crippen molar-refractivity contribution in [1.82, 2.24) is 5.32 Å². The van der Waals surface area contributed by atoms with Gasteiger partial charge in [0, 0.05) is 6.92 Å². The summed E-state index contributed by atoms with van der Waals surface area (Å²) in [5.41, 5.74) is 1.94. The number of hydrogen-bond donors (Lipinski definition) is 1. The van der Waals surface area contributed by atoms with Crippen molar-refractivity contribution in [3.63, 3.8) is 0 Å². The molecule has 2 rings (SSSR count). The van der Waals surface area contributed by atoms with E-state index in [4.69, 9.17) is 4.74 Å². The van der Waals surface area contributed by atoms with Crippen LogP contribution in [0.2, 0.25) is 0 Å². The highest BCUT2D eigenvalue weighted by Gasteiger charge is 2.12. The number of amides is 1. The summed E-state index contributed by atoms with van der Waals surface area (Å²) in [6.45, 7) is 1.47. The molecule has 0 saturated heterocycles. The van der Waals surface area contributed by atoms with Crippen molar-refractivity contribution in [3.8, 4) is 0 Å². The van der Waals surface area contributed by atoms with Crippen LogP contribution >= 0.6 is 0 Å². The van der Waals surface area contributed by atoms with Gasteiger partial charge in [0.2, 0.25) is 5.91 Å². The Bertz CT molecular complexity index is 734. The highest BCUT2D eigenvalue weighted by molar-refractivity contribution is 5.97. The molecule has 0 bridgehead atoms. The van der Waals surface area contributed by atoms with E-state index in [0.717, 1.165) is 11.1 Å². The highest BCUT2D eigenvalue weighted by atomic mass is 16.5. The molecule has 0 unspecified atom stereocenters. The Morgan fingerprint density at radius 2 is 1.54 bits per heavy atom. The number of carbonyl (C=O) groups excluding carboxylic acids is 2. The van der Waals surface area contributed by atoms with E-state index in [9.17, 15) is 9.59 Å². The van der Waals surface area contributed by atoms with Crippen LogP contribution in [0.15, 0.2) is 72.4 Å². The molecule has 0 radical (unpaired) electrons. The lowest BCUT2D eigenvalue weighted by Gasteiger charge is -2.07. The molecule has 0 spiro atoms. The number of carbonyl (C=O) groups is 2. The van der Waals surface area contributed by atoms with Crippen LogP contribution in [0.3, 0.4) is 0 Å². The SMILES string of the molecule is CC(=O)N/C(=C/c1ccccc1)C(=O)OC/C=C/c1ccccc1. The first-order valence-electron chi connectivity index (χ1n) is 7.58. The van der Waals surface area contributed by atoms with Crippen LogP contribution in [0.1, 0.15) is 18.1 Å². The molecule has 4 heteroatoms. The quantitative estimate of drug-likeness (QED) is 0.655. The van der Waals surface area contributed by atoms with Crippen molar-refractivity contribution in [2.45, 2.75) is 6.92 Å². The fourth-order valence-corrected chi connectivity index (χ4v) is 2.00. The van der Waals surface area contributed by atoms with E-state index in [0.29, 0.717) is 0 Å². The molecular weight excluding hydrogens is 302 g/mol. The van der Waals surface area contributed by atoms with E-state index in [-0.39, 0.29) is 18.2 Å². The van der Waals surface area contributed by atoms with Crippen LogP contribution in [-0.2, 0) is 14.3 Å². The second-order valence-electron chi connectivity index (χ2n) is 5.06. The molecule has 0 aliphatic carbocycles. The van der Waals surface area contributed by atoms with E-state index in [1.807, 2.05) is 66.7 Å². The Morgan fingerprint density at radius 3 is 2.12 bits per heavy atom. The van der Waals surface area contributed by atoms with E-state index in [2.05, 4.69) is 5.32 Å². The molecule has 0 fully saturated rings. The van der Waals surface area contributed by atoms with Crippen LogP contribution < -0.4 is 5.32 Å². The number of rotatable bonds is 6. The first-order chi connectivity index (χ1) is 11.6. The lowest BCUT2D eigenvalue weighted by Crippen LogP contribution is -2.26. The molecule has 0 aliphatic rings. The maximum absolute atomic E-state index is 12.2. The standard InChI is InChI=1S/C20H19NO3/c1-16(22)21-19(15-18-11-6-3-7-12-18)20(23)24-14-8-13-17-9-4-2-5-10-17/h2-13,15H,14H2,1H3,(H,21,22)/b13-8+,19-15+. The topological polar surface area (TPSA) is 55.4 Å². The van der Waals surface area contributed by atoms with Gasteiger partial charge in [0.05, 0.1) is 0 Å². The maximum Gasteiger partial charge on any atom is 0.355 e. The third-order valence-corrected chi connectivity index (χ3v) is 3.06. The van der Waals surface area contributed by atoms with Crippen LogP contribution in [0.5, 0.6) is 0 Å². The fraction of sp³-hybridized carbons (Fsp3) is 0.100. The summed E-state index contributed by atoms with van der Waals surface area (Å²) in [7, 11) is 0. The van der Waals surface area contributed by atoms with Crippen molar-refractivity contribution >= 4 is 24.0 Å². The summed E-state index contributed by atoms with van der Waals surface area (Å²) < 4.78 is 5.19. The molecule has 1 amide bonds. The normalized spacial score (nSPS) is 11.3. The van der Waals surface area contributed by atoms with E-state index >= 15 is 0 Å². The molecule has 0 atom stereocenters. The number of esters is 1. The molecule has 0 saturated carbocycles. The third kappa shape index (κ3) is 5.93. The fourth-order valence-electron chi connectivity index (χ4n) is 2.00. The second-order valence-corrected chi connectivity index (χ2v) is 5.06. The minimum Gasteiger partial charge on any atom is -0.457 e. The Hall–Kier alpha value is -3.14. The average molecular weight is 321 g/mol. The number of nitrogens with one attached hydrogen (secondary N) is 1. The van der Waals surface area contributed by atoms with Crippen molar-refractivity contribution in [2.24, 2.45) is 0 Å². The molecule has 0 aromatic heterocycles. The predicted molar refractivity (Wildman–Crippen MR) is 94.7 cm³/mol. The largest absolute Gasteiger partial charge is 0.457 e. The first kappa shape index (κ1) is 17.2. The Balaban J connectivity index is 1.99. The zero-order valence-corrected chi connectivity index (χ0v) is 13.4. The average Bonchev–Trinajstić information content (AvgIpc) is 2.59. The second kappa shape index (κ2) is 9.10. The third-order valence-electron chi connectivity index (χ3n) is 3.06. The van der Waals surface area contributed by atoms with Crippen molar-refractivity contribution in [1.29, 1.82) is 0 Å². The number of hydrogen-bond acceptors (Lipinski definition) is 3. The van der Waals surface area contributed by atoms with Gasteiger partial charge in [-0.05, 0) is 23.3 Å². The van der Waals surface area contributed by atoms with Gasteiger partial charge in [-0.2, -0.15) is 0 Å². The van der Waals surface area contributed by atoms with E-state index < -0.39 is 5.97 Å². The van der Waals surface area contributed by atoms with Gasteiger partial charge in [-0.25, -0.2) is 4.79 Å². The molecule has 0 heterocycles. The van der Waals surface area contributed by atoms with Gasteiger partial charge < -0.3 is 10.1 Å². The van der Waals surface area contributed by atoms with Gasteiger partial charge in [-0.1, -0.05) is 66.7 Å². The smallest absolute Gasteiger partial charge is 0.355 e. The van der Waals surface area contributed by atoms with Crippen LogP contribution in [-0.4, -0.2) is 18.5 Å². The van der Waals surface area contributed by atoms with Gasteiger partial charge in [0.15, 0.2) is 0 Å². The molecular formula is C20H19NO3.